The van der Waals surface area contributed by atoms with Gasteiger partial charge in [-0.05, 0) is 25.1 Å². The maximum atomic E-state index is 12.0. The van der Waals surface area contributed by atoms with Crippen molar-refractivity contribution in [1.29, 1.82) is 0 Å². The zero-order chi connectivity index (χ0) is 18.3. The Morgan fingerprint density at radius 3 is 2.62 bits per heavy atom. The van der Waals surface area contributed by atoms with Crippen LogP contribution in [0, 0.1) is 12.8 Å². The van der Waals surface area contributed by atoms with Gasteiger partial charge in [0, 0.05) is 24.3 Å². The quantitative estimate of drug-likeness (QED) is 0.795. The van der Waals surface area contributed by atoms with E-state index in [-0.39, 0.29) is 11.0 Å². The Balaban J connectivity index is 2.11. The Labute approximate surface area is 142 Å². The van der Waals surface area contributed by atoms with Crippen LogP contribution in [-0.4, -0.2) is 42.3 Å². The molecule has 24 heavy (non-hydrogen) atoms. The van der Waals surface area contributed by atoms with Crippen LogP contribution >= 0.6 is 0 Å². The summed E-state index contributed by atoms with van der Waals surface area (Å²) in [5.74, 6) is -0.205. The number of rotatable bonds is 4. The number of aliphatic hydroxyl groups excluding tert-OH is 1. The fraction of sp³-hybridized carbons (Fsp3) is 0.750. The summed E-state index contributed by atoms with van der Waals surface area (Å²) in [6.45, 7) is 13.1. The van der Waals surface area contributed by atoms with Crippen LogP contribution in [0.2, 0.25) is 18.1 Å². The third-order valence-electron chi connectivity index (χ3n) is 5.14. The lowest BCUT2D eigenvalue weighted by Gasteiger charge is -2.37. The summed E-state index contributed by atoms with van der Waals surface area (Å²) >= 11 is 0. The van der Waals surface area contributed by atoms with E-state index in [2.05, 4.69) is 38.8 Å². The van der Waals surface area contributed by atoms with Gasteiger partial charge in [0.05, 0.1) is 6.61 Å². The minimum Gasteiger partial charge on any atom is -0.416 e. The molecule has 0 unspecified atom stereocenters. The van der Waals surface area contributed by atoms with Crippen molar-refractivity contribution in [3.05, 3.63) is 32.6 Å². The number of aryl methyl sites for hydroxylation is 1. The molecule has 1 fully saturated rings. The van der Waals surface area contributed by atoms with Gasteiger partial charge in [0.1, 0.15) is 6.10 Å². The van der Waals surface area contributed by atoms with Crippen molar-refractivity contribution in [1.82, 2.24) is 9.55 Å². The number of ether oxygens (including phenoxy) is 1. The molecule has 0 aromatic carbocycles. The van der Waals surface area contributed by atoms with Crippen molar-refractivity contribution >= 4 is 8.32 Å². The third kappa shape index (κ3) is 3.71. The number of H-pyrrole nitrogens is 1. The molecule has 3 atom stereocenters. The van der Waals surface area contributed by atoms with Crippen molar-refractivity contribution in [2.45, 2.75) is 58.2 Å². The van der Waals surface area contributed by atoms with E-state index in [9.17, 15) is 14.7 Å². The standard InChI is InChI=1S/C16H28N2O5Si/c1-10-7-18(15(21)17-13(10)20)14-12(19)11(8-22-14)9-23-24(5,6)16(2,3)4/h7,11-12,14,19H,8-9H2,1-6H3,(H,17,20,21)/t11-,12-,14-/m1/s1. The van der Waals surface area contributed by atoms with Gasteiger partial charge in [-0.3, -0.25) is 14.3 Å². The van der Waals surface area contributed by atoms with E-state index in [4.69, 9.17) is 9.16 Å². The molecular formula is C16H28N2O5Si. The SMILES string of the molecule is Cc1cn([C@@H]2OC[C@H](CO[Si](C)(C)C(C)(C)C)[C@H]2O)c(=O)[nH]c1=O. The molecular weight excluding hydrogens is 328 g/mol. The van der Waals surface area contributed by atoms with Gasteiger partial charge in [0.2, 0.25) is 0 Å². The Morgan fingerprint density at radius 1 is 1.42 bits per heavy atom. The molecule has 2 rings (SSSR count). The van der Waals surface area contributed by atoms with Crippen LogP contribution < -0.4 is 11.2 Å². The van der Waals surface area contributed by atoms with Crippen LogP contribution in [0.15, 0.2) is 15.8 Å². The highest BCUT2D eigenvalue weighted by molar-refractivity contribution is 6.74. The van der Waals surface area contributed by atoms with Gasteiger partial charge >= 0.3 is 5.69 Å². The fourth-order valence-electron chi connectivity index (χ4n) is 2.35. The molecule has 0 spiro atoms. The van der Waals surface area contributed by atoms with Gasteiger partial charge in [0.25, 0.3) is 5.56 Å². The van der Waals surface area contributed by atoms with Crippen molar-refractivity contribution in [2.75, 3.05) is 13.2 Å². The number of aromatic amines is 1. The molecule has 136 valence electrons. The summed E-state index contributed by atoms with van der Waals surface area (Å²) in [5, 5.41) is 10.6. The topological polar surface area (TPSA) is 93.6 Å². The number of aliphatic hydroxyl groups is 1. The summed E-state index contributed by atoms with van der Waals surface area (Å²) in [4.78, 5) is 25.7. The average molecular weight is 356 g/mol. The fourth-order valence-corrected chi connectivity index (χ4v) is 3.41. The lowest BCUT2D eigenvalue weighted by molar-refractivity contribution is -0.0161. The van der Waals surface area contributed by atoms with Gasteiger partial charge in [0.15, 0.2) is 14.5 Å². The highest BCUT2D eigenvalue weighted by Crippen LogP contribution is 2.38. The lowest BCUT2D eigenvalue weighted by atomic mass is 10.1. The lowest BCUT2D eigenvalue weighted by Crippen LogP contribution is -2.43. The van der Waals surface area contributed by atoms with Crippen LogP contribution in [0.3, 0.4) is 0 Å². The maximum absolute atomic E-state index is 12.0. The van der Waals surface area contributed by atoms with E-state index >= 15 is 0 Å². The number of hydrogen-bond donors (Lipinski definition) is 2. The van der Waals surface area contributed by atoms with Gasteiger partial charge < -0.3 is 14.3 Å². The number of aromatic nitrogens is 2. The summed E-state index contributed by atoms with van der Waals surface area (Å²) in [5.41, 5.74) is -0.617. The minimum atomic E-state index is -1.91. The molecule has 0 amide bonds. The molecule has 0 bridgehead atoms. The minimum absolute atomic E-state index is 0.0871. The molecule has 1 saturated heterocycles. The van der Waals surface area contributed by atoms with Crippen LogP contribution in [0.5, 0.6) is 0 Å². The number of nitrogens with zero attached hydrogens (tertiary/aromatic N) is 1. The van der Waals surface area contributed by atoms with Gasteiger partial charge in [-0.1, -0.05) is 20.8 Å². The van der Waals surface area contributed by atoms with Crippen molar-refractivity contribution in [3.8, 4) is 0 Å². The van der Waals surface area contributed by atoms with Crippen LogP contribution in [-0.2, 0) is 9.16 Å². The molecule has 1 aliphatic rings. The molecule has 0 saturated carbocycles. The van der Waals surface area contributed by atoms with Crippen LogP contribution in [0.1, 0.15) is 32.6 Å². The smallest absolute Gasteiger partial charge is 0.330 e. The van der Waals surface area contributed by atoms with Crippen LogP contribution in [0.4, 0.5) is 0 Å². The second-order valence-electron chi connectivity index (χ2n) is 8.02. The summed E-state index contributed by atoms with van der Waals surface area (Å²) < 4.78 is 13.0. The van der Waals surface area contributed by atoms with Gasteiger partial charge in [-0.25, -0.2) is 4.79 Å². The normalized spacial score (nSPS) is 25.2. The first-order valence-electron chi connectivity index (χ1n) is 8.20. The number of nitrogens with one attached hydrogen (secondary N) is 1. The van der Waals surface area contributed by atoms with E-state index in [0.29, 0.717) is 18.8 Å². The van der Waals surface area contributed by atoms with Crippen molar-refractivity contribution in [2.24, 2.45) is 5.92 Å². The molecule has 7 nitrogen and oxygen atoms in total. The first kappa shape index (κ1) is 19.1. The Kier molecular flexibility index (Phi) is 5.24. The Hall–Kier alpha value is -1.22. The van der Waals surface area contributed by atoms with Crippen molar-refractivity contribution in [3.63, 3.8) is 0 Å². The summed E-state index contributed by atoms with van der Waals surface area (Å²) in [6, 6.07) is 0. The average Bonchev–Trinajstić information content (AvgIpc) is 2.81. The monoisotopic (exact) mass is 356 g/mol. The Morgan fingerprint density at radius 2 is 2.04 bits per heavy atom. The maximum Gasteiger partial charge on any atom is 0.330 e. The first-order chi connectivity index (χ1) is 10.9. The predicted octanol–water partition coefficient (Wildman–Crippen LogP) is 1.37. The van der Waals surface area contributed by atoms with E-state index in [1.165, 1.54) is 10.8 Å². The highest BCUT2D eigenvalue weighted by Gasteiger charge is 2.42. The van der Waals surface area contributed by atoms with E-state index in [0.717, 1.165) is 0 Å². The van der Waals surface area contributed by atoms with E-state index in [1.54, 1.807) is 6.92 Å². The number of hydrogen-bond acceptors (Lipinski definition) is 5. The molecule has 1 aromatic rings. The highest BCUT2D eigenvalue weighted by atomic mass is 28.4. The molecule has 1 aliphatic heterocycles. The molecule has 2 heterocycles. The molecule has 8 heteroatoms. The summed E-state index contributed by atoms with van der Waals surface area (Å²) in [7, 11) is -1.91. The van der Waals surface area contributed by atoms with E-state index < -0.39 is 31.9 Å². The van der Waals surface area contributed by atoms with Gasteiger partial charge in [-0.2, -0.15) is 0 Å². The third-order valence-corrected chi connectivity index (χ3v) is 9.64. The molecule has 0 aliphatic carbocycles. The zero-order valence-electron chi connectivity index (χ0n) is 15.3. The second kappa shape index (κ2) is 6.59. The van der Waals surface area contributed by atoms with Crippen LogP contribution in [0.25, 0.3) is 0 Å². The van der Waals surface area contributed by atoms with Gasteiger partial charge in [-0.15, -0.1) is 0 Å². The Bertz CT molecular complexity index is 704. The molecule has 2 N–H and O–H groups in total. The largest absolute Gasteiger partial charge is 0.416 e. The second-order valence-corrected chi connectivity index (χ2v) is 12.8. The first-order valence-corrected chi connectivity index (χ1v) is 11.1. The van der Waals surface area contributed by atoms with E-state index in [1.807, 2.05) is 0 Å². The molecule has 1 aromatic heterocycles. The summed E-state index contributed by atoms with van der Waals surface area (Å²) in [6.07, 6.45) is -0.245. The predicted molar refractivity (Wildman–Crippen MR) is 93.7 cm³/mol. The van der Waals surface area contributed by atoms with Crippen molar-refractivity contribution < 1.29 is 14.3 Å². The zero-order valence-corrected chi connectivity index (χ0v) is 16.3. The molecule has 0 radical (unpaired) electrons.